The first-order valence-electron chi connectivity index (χ1n) is 4.97. The number of nitrogens with zero attached hydrogens (tertiary/aromatic N) is 1. The minimum Gasteiger partial charge on any atom is -0.481 e. The molecule has 0 aliphatic carbocycles. The second-order valence-electron chi connectivity index (χ2n) is 3.51. The molecule has 1 N–H and O–H groups in total. The van der Waals surface area contributed by atoms with Crippen LogP contribution in [0.2, 0.25) is 0 Å². The second-order valence-corrected chi connectivity index (χ2v) is 3.51. The number of aromatic nitrogens is 1. The Labute approximate surface area is 93.4 Å². The van der Waals surface area contributed by atoms with Gasteiger partial charge in [-0.3, -0.25) is 9.78 Å². The zero-order valence-corrected chi connectivity index (χ0v) is 8.63. The molecule has 80 valence electrons. The average Bonchev–Trinajstić information content (AvgIpc) is 2.30. The number of hydrogen-bond donors (Lipinski definition) is 1. The van der Waals surface area contributed by atoms with Gasteiger partial charge in [0.05, 0.1) is 6.42 Å². The average molecular weight is 213 g/mol. The van der Waals surface area contributed by atoms with Crippen LogP contribution >= 0.6 is 0 Å². The quantitative estimate of drug-likeness (QED) is 0.851. The van der Waals surface area contributed by atoms with E-state index < -0.39 is 5.97 Å². The Morgan fingerprint density at radius 1 is 1.12 bits per heavy atom. The maximum atomic E-state index is 10.6. The van der Waals surface area contributed by atoms with Gasteiger partial charge in [-0.1, -0.05) is 24.3 Å². The van der Waals surface area contributed by atoms with Gasteiger partial charge in [0.1, 0.15) is 0 Å². The summed E-state index contributed by atoms with van der Waals surface area (Å²) < 4.78 is 0. The first-order chi connectivity index (χ1) is 7.75. The van der Waals surface area contributed by atoms with Crippen LogP contribution in [0.25, 0.3) is 11.1 Å². The molecule has 0 saturated carbocycles. The molecule has 1 aromatic carbocycles. The minimum absolute atomic E-state index is 0.0545. The predicted molar refractivity (Wildman–Crippen MR) is 61.0 cm³/mol. The molecule has 0 unspecified atom stereocenters. The SMILES string of the molecule is O=C(O)Cc1cccc(-c2ccncc2)c1. The van der Waals surface area contributed by atoms with E-state index >= 15 is 0 Å². The lowest BCUT2D eigenvalue weighted by Gasteiger charge is -2.03. The van der Waals surface area contributed by atoms with E-state index in [1.807, 2.05) is 36.4 Å². The Balaban J connectivity index is 2.33. The summed E-state index contributed by atoms with van der Waals surface area (Å²) in [6, 6.07) is 11.3. The van der Waals surface area contributed by atoms with E-state index in [9.17, 15) is 4.79 Å². The Morgan fingerprint density at radius 2 is 1.88 bits per heavy atom. The molecular formula is C13H11NO2. The van der Waals surface area contributed by atoms with E-state index in [0.717, 1.165) is 16.7 Å². The molecule has 0 aliphatic heterocycles. The highest BCUT2D eigenvalue weighted by molar-refractivity contribution is 5.72. The highest BCUT2D eigenvalue weighted by Gasteiger charge is 2.02. The van der Waals surface area contributed by atoms with E-state index in [4.69, 9.17) is 5.11 Å². The molecule has 0 atom stereocenters. The van der Waals surface area contributed by atoms with Crippen molar-refractivity contribution in [2.45, 2.75) is 6.42 Å². The zero-order valence-electron chi connectivity index (χ0n) is 8.63. The van der Waals surface area contributed by atoms with Crippen molar-refractivity contribution < 1.29 is 9.90 Å². The monoisotopic (exact) mass is 213 g/mol. The largest absolute Gasteiger partial charge is 0.481 e. The number of carboxylic acids is 1. The van der Waals surface area contributed by atoms with Gasteiger partial charge in [-0.2, -0.15) is 0 Å². The summed E-state index contributed by atoms with van der Waals surface area (Å²) in [5, 5.41) is 8.72. The van der Waals surface area contributed by atoms with Gasteiger partial charge in [0.2, 0.25) is 0 Å². The fourth-order valence-electron chi connectivity index (χ4n) is 1.58. The third kappa shape index (κ3) is 2.45. The van der Waals surface area contributed by atoms with Crippen LogP contribution in [-0.4, -0.2) is 16.1 Å². The maximum absolute atomic E-state index is 10.6. The van der Waals surface area contributed by atoms with Crippen LogP contribution in [0.1, 0.15) is 5.56 Å². The first-order valence-corrected chi connectivity index (χ1v) is 4.97. The lowest BCUT2D eigenvalue weighted by Crippen LogP contribution is -1.99. The van der Waals surface area contributed by atoms with Gasteiger partial charge < -0.3 is 5.11 Å². The summed E-state index contributed by atoms with van der Waals surface area (Å²) in [5.74, 6) is -0.813. The van der Waals surface area contributed by atoms with E-state index in [2.05, 4.69) is 4.98 Å². The highest BCUT2D eigenvalue weighted by Crippen LogP contribution is 2.19. The third-order valence-corrected chi connectivity index (χ3v) is 2.30. The van der Waals surface area contributed by atoms with Crippen molar-refractivity contribution in [3.8, 4) is 11.1 Å². The van der Waals surface area contributed by atoms with Gasteiger partial charge in [-0.05, 0) is 28.8 Å². The van der Waals surface area contributed by atoms with Gasteiger partial charge in [0.25, 0.3) is 0 Å². The number of aliphatic carboxylic acids is 1. The molecule has 0 amide bonds. The molecular weight excluding hydrogens is 202 g/mol. The molecule has 2 aromatic rings. The Kier molecular flexibility index (Phi) is 2.96. The van der Waals surface area contributed by atoms with Crippen LogP contribution in [0.5, 0.6) is 0 Å². The molecule has 2 rings (SSSR count). The molecule has 0 fully saturated rings. The summed E-state index contributed by atoms with van der Waals surface area (Å²) in [6.45, 7) is 0. The van der Waals surface area contributed by atoms with E-state index in [1.54, 1.807) is 12.4 Å². The van der Waals surface area contributed by atoms with Crippen molar-refractivity contribution in [2.75, 3.05) is 0 Å². The topological polar surface area (TPSA) is 50.2 Å². The van der Waals surface area contributed by atoms with Crippen LogP contribution in [0, 0.1) is 0 Å². The first kappa shape index (κ1) is 10.4. The normalized spacial score (nSPS) is 10.0. The zero-order chi connectivity index (χ0) is 11.4. The van der Waals surface area contributed by atoms with Crippen LogP contribution in [0.15, 0.2) is 48.8 Å². The van der Waals surface area contributed by atoms with Gasteiger partial charge in [0, 0.05) is 12.4 Å². The van der Waals surface area contributed by atoms with E-state index in [-0.39, 0.29) is 6.42 Å². The van der Waals surface area contributed by atoms with Crippen molar-refractivity contribution in [2.24, 2.45) is 0 Å². The lowest BCUT2D eigenvalue weighted by atomic mass is 10.0. The molecule has 1 aromatic heterocycles. The van der Waals surface area contributed by atoms with Crippen molar-refractivity contribution in [3.63, 3.8) is 0 Å². The van der Waals surface area contributed by atoms with Crippen molar-refractivity contribution in [1.82, 2.24) is 4.98 Å². The molecule has 3 heteroatoms. The molecule has 0 saturated heterocycles. The maximum Gasteiger partial charge on any atom is 0.307 e. The fraction of sp³-hybridized carbons (Fsp3) is 0.0769. The van der Waals surface area contributed by atoms with Gasteiger partial charge in [-0.25, -0.2) is 0 Å². The predicted octanol–water partition coefficient (Wildman–Crippen LogP) is 2.38. The molecule has 0 aliphatic rings. The summed E-state index contributed by atoms with van der Waals surface area (Å²) in [6.07, 6.45) is 3.50. The number of hydrogen-bond acceptors (Lipinski definition) is 2. The molecule has 1 heterocycles. The lowest BCUT2D eigenvalue weighted by molar-refractivity contribution is -0.136. The summed E-state index contributed by atoms with van der Waals surface area (Å²) in [7, 11) is 0. The Hall–Kier alpha value is -2.16. The summed E-state index contributed by atoms with van der Waals surface area (Å²) in [5.41, 5.74) is 2.87. The fourth-order valence-corrected chi connectivity index (χ4v) is 1.58. The van der Waals surface area contributed by atoms with Crippen molar-refractivity contribution >= 4 is 5.97 Å². The summed E-state index contributed by atoms with van der Waals surface area (Å²) >= 11 is 0. The molecule has 16 heavy (non-hydrogen) atoms. The second kappa shape index (κ2) is 4.57. The Bertz CT molecular complexity index is 494. The van der Waals surface area contributed by atoms with Crippen LogP contribution in [0.4, 0.5) is 0 Å². The molecule has 3 nitrogen and oxygen atoms in total. The van der Waals surface area contributed by atoms with Crippen LogP contribution in [-0.2, 0) is 11.2 Å². The number of carbonyl (C=O) groups is 1. The van der Waals surface area contributed by atoms with Gasteiger partial charge in [-0.15, -0.1) is 0 Å². The third-order valence-electron chi connectivity index (χ3n) is 2.30. The van der Waals surface area contributed by atoms with Gasteiger partial charge in [0.15, 0.2) is 0 Å². The van der Waals surface area contributed by atoms with E-state index in [1.165, 1.54) is 0 Å². The Morgan fingerprint density at radius 3 is 2.56 bits per heavy atom. The molecule has 0 radical (unpaired) electrons. The molecule has 0 spiro atoms. The number of carboxylic acid groups (broad SMARTS) is 1. The number of pyridine rings is 1. The van der Waals surface area contributed by atoms with Crippen molar-refractivity contribution in [3.05, 3.63) is 54.4 Å². The van der Waals surface area contributed by atoms with Crippen LogP contribution < -0.4 is 0 Å². The highest BCUT2D eigenvalue weighted by atomic mass is 16.4. The minimum atomic E-state index is -0.813. The number of benzene rings is 1. The smallest absolute Gasteiger partial charge is 0.307 e. The standard InChI is InChI=1S/C13H11NO2/c15-13(16)9-10-2-1-3-12(8-10)11-4-6-14-7-5-11/h1-8H,9H2,(H,15,16). The number of rotatable bonds is 3. The van der Waals surface area contributed by atoms with Gasteiger partial charge >= 0.3 is 5.97 Å². The molecule has 0 bridgehead atoms. The van der Waals surface area contributed by atoms with Crippen LogP contribution in [0.3, 0.4) is 0 Å². The summed E-state index contributed by atoms with van der Waals surface area (Å²) in [4.78, 5) is 14.6. The van der Waals surface area contributed by atoms with E-state index in [0.29, 0.717) is 0 Å². The van der Waals surface area contributed by atoms with Crippen molar-refractivity contribution in [1.29, 1.82) is 0 Å².